The monoisotopic (exact) mass is 400 g/mol. The predicted molar refractivity (Wildman–Crippen MR) is 115 cm³/mol. The van der Waals surface area contributed by atoms with Crippen molar-refractivity contribution < 1.29 is 14.3 Å². The first-order valence-electron chi connectivity index (χ1n) is 9.94. The molecular formula is C22H32N4O3. The molecule has 2 rings (SSSR count). The number of hydrogen-bond acceptors (Lipinski definition) is 5. The number of nitrogens with two attached hydrogens (primary N) is 1. The lowest BCUT2D eigenvalue weighted by atomic mass is 9.99. The molecule has 0 aliphatic rings. The number of amides is 2. The molecule has 0 aliphatic carbocycles. The summed E-state index contributed by atoms with van der Waals surface area (Å²) in [7, 11) is 0. The van der Waals surface area contributed by atoms with E-state index in [9.17, 15) is 9.59 Å². The number of carbonyl (C=O) groups is 2. The molecule has 0 radical (unpaired) electrons. The third-order valence-electron chi connectivity index (χ3n) is 4.41. The Morgan fingerprint density at radius 1 is 1.10 bits per heavy atom. The number of hydrogen-bond donors (Lipinski definition) is 4. The summed E-state index contributed by atoms with van der Waals surface area (Å²) in [5, 5.41) is 5.25. The average molecular weight is 401 g/mol. The van der Waals surface area contributed by atoms with E-state index in [0.29, 0.717) is 19.4 Å². The van der Waals surface area contributed by atoms with Crippen LogP contribution < -0.4 is 21.9 Å². The molecule has 0 bridgehead atoms. The van der Waals surface area contributed by atoms with Gasteiger partial charge in [0.1, 0.15) is 11.6 Å². The standard InChI is InChI=1S/C22H32N4O3/c1-15(17-12-7-10-16-9-5-6-11-18(16)17)24-20(27)19(13-8-14-23)25-26-21(28)29-22(2,3)4/h5-7,9-12,15,19,25H,8,13-14,23H2,1-4H3,(H,24,27)(H,26,28)/t15-,19?/m0/s1. The van der Waals surface area contributed by atoms with Gasteiger partial charge >= 0.3 is 6.09 Å². The molecule has 0 fully saturated rings. The first kappa shape index (κ1) is 22.6. The molecule has 5 N–H and O–H groups in total. The molecule has 1 unspecified atom stereocenters. The summed E-state index contributed by atoms with van der Waals surface area (Å²) >= 11 is 0. The molecule has 0 aliphatic heterocycles. The summed E-state index contributed by atoms with van der Waals surface area (Å²) in [6, 6.07) is 13.3. The Balaban J connectivity index is 2.05. The molecule has 7 heteroatoms. The molecule has 0 saturated carbocycles. The van der Waals surface area contributed by atoms with E-state index in [-0.39, 0.29) is 11.9 Å². The van der Waals surface area contributed by atoms with E-state index in [1.807, 2.05) is 49.4 Å². The van der Waals surface area contributed by atoms with Crippen LogP contribution in [0.5, 0.6) is 0 Å². The van der Waals surface area contributed by atoms with Crippen LogP contribution in [-0.2, 0) is 9.53 Å². The summed E-state index contributed by atoms with van der Waals surface area (Å²) in [6.45, 7) is 7.73. The fraction of sp³-hybridized carbons (Fsp3) is 0.455. The van der Waals surface area contributed by atoms with Gasteiger partial charge in [-0.05, 0) is 63.4 Å². The van der Waals surface area contributed by atoms with E-state index < -0.39 is 17.7 Å². The smallest absolute Gasteiger partial charge is 0.422 e. The lowest BCUT2D eigenvalue weighted by Crippen LogP contribution is -2.53. The van der Waals surface area contributed by atoms with Crippen LogP contribution in [0, 0.1) is 0 Å². The number of nitrogens with one attached hydrogen (secondary N) is 3. The van der Waals surface area contributed by atoms with E-state index in [0.717, 1.165) is 16.3 Å². The van der Waals surface area contributed by atoms with Gasteiger partial charge in [0.25, 0.3) is 0 Å². The second kappa shape index (κ2) is 10.2. The highest BCUT2D eigenvalue weighted by Crippen LogP contribution is 2.24. The van der Waals surface area contributed by atoms with E-state index in [4.69, 9.17) is 10.5 Å². The average Bonchev–Trinajstić information content (AvgIpc) is 2.66. The highest BCUT2D eigenvalue weighted by Gasteiger charge is 2.23. The van der Waals surface area contributed by atoms with E-state index in [2.05, 4.69) is 16.2 Å². The van der Waals surface area contributed by atoms with Gasteiger partial charge in [-0.2, -0.15) is 0 Å². The molecule has 0 spiro atoms. The van der Waals surface area contributed by atoms with E-state index in [1.54, 1.807) is 20.8 Å². The van der Waals surface area contributed by atoms with Crippen LogP contribution in [0.1, 0.15) is 52.1 Å². The Morgan fingerprint density at radius 3 is 2.48 bits per heavy atom. The van der Waals surface area contributed by atoms with Gasteiger partial charge in [0.15, 0.2) is 0 Å². The number of rotatable bonds is 8. The van der Waals surface area contributed by atoms with Crippen molar-refractivity contribution in [2.75, 3.05) is 6.54 Å². The first-order valence-corrected chi connectivity index (χ1v) is 9.94. The maximum Gasteiger partial charge on any atom is 0.422 e. The largest absolute Gasteiger partial charge is 0.443 e. The predicted octanol–water partition coefficient (Wildman–Crippen LogP) is 3.15. The number of benzene rings is 2. The minimum absolute atomic E-state index is 0.197. The topological polar surface area (TPSA) is 105 Å². The van der Waals surface area contributed by atoms with Crippen LogP contribution in [0.3, 0.4) is 0 Å². The van der Waals surface area contributed by atoms with E-state index in [1.165, 1.54) is 0 Å². The van der Waals surface area contributed by atoms with E-state index >= 15 is 0 Å². The summed E-state index contributed by atoms with van der Waals surface area (Å²) in [6.07, 6.45) is 0.495. The number of carbonyl (C=O) groups excluding carboxylic acids is 2. The third-order valence-corrected chi connectivity index (χ3v) is 4.41. The van der Waals surface area contributed by atoms with Crippen molar-refractivity contribution in [3.63, 3.8) is 0 Å². The van der Waals surface area contributed by atoms with Crippen LogP contribution in [0.15, 0.2) is 42.5 Å². The molecule has 2 atom stereocenters. The highest BCUT2D eigenvalue weighted by atomic mass is 16.6. The molecule has 7 nitrogen and oxygen atoms in total. The molecule has 2 amide bonds. The van der Waals surface area contributed by atoms with Crippen molar-refractivity contribution in [3.05, 3.63) is 48.0 Å². The molecule has 2 aromatic rings. The second-order valence-corrected chi connectivity index (χ2v) is 8.05. The molecule has 158 valence electrons. The molecular weight excluding hydrogens is 368 g/mol. The van der Waals surface area contributed by atoms with Crippen LogP contribution in [-0.4, -0.2) is 30.2 Å². The maximum atomic E-state index is 12.9. The van der Waals surface area contributed by atoms with Crippen molar-refractivity contribution in [1.29, 1.82) is 0 Å². The number of fused-ring (bicyclic) bond motifs is 1. The van der Waals surface area contributed by atoms with Crippen LogP contribution in [0.25, 0.3) is 10.8 Å². The van der Waals surface area contributed by atoms with Gasteiger partial charge in [-0.1, -0.05) is 42.5 Å². The van der Waals surface area contributed by atoms with Crippen molar-refractivity contribution in [2.45, 2.75) is 58.2 Å². The Labute approximate surface area is 172 Å². The van der Waals surface area contributed by atoms with Crippen molar-refractivity contribution >= 4 is 22.8 Å². The molecule has 0 saturated heterocycles. The zero-order valence-electron chi connectivity index (χ0n) is 17.6. The lowest BCUT2D eigenvalue weighted by Gasteiger charge is -2.24. The Kier molecular flexibility index (Phi) is 7.99. The maximum absolute atomic E-state index is 12.9. The normalized spacial score (nSPS) is 13.6. The van der Waals surface area contributed by atoms with Gasteiger partial charge < -0.3 is 15.8 Å². The number of hydrazine groups is 1. The van der Waals surface area contributed by atoms with Gasteiger partial charge in [0.2, 0.25) is 5.91 Å². The van der Waals surface area contributed by atoms with Crippen LogP contribution >= 0.6 is 0 Å². The van der Waals surface area contributed by atoms with Gasteiger partial charge in [-0.25, -0.2) is 10.2 Å². The Morgan fingerprint density at radius 2 is 1.79 bits per heavy atom. The lowest BCUT2D eigenvalue weighted by molar-refractivity contribution is -0.124. The van der Waals surface area contributed by atoms with Crippen molar-refractivity contribution in [1.82, 2.24) is 16.2 Å². The van der Waals surface area contributed by atoms with Gasteiger partial charge in [-0.3, -0.25) is 10.2 Å². The summed E-state index contributed by atoms with van der Waals surface area (Å²) in [4.78, 5) is 24.8. The van der Waals surface area contributed by atoms with Gasteiger partial charge in [-0.15, -0.1) is 0 Å². The zero-order chi connectivity index (χ0) is 21.4. The third kappa shape index (κ3) is 7.03. The van der Waals surface area contributed by atoms with Gasteiger partial charge in [0, 0.05) is 0 Å². The quantitative estimate of drug-likeness (QED) is 0.510. The van der Waals surface area contributed by atoms with Crippen molar-refractivity contribution in [3.8, 4) is 0 Å². The molecule has 0 heterocycles. The fourth-order valence-electron chi connectivity index (χ4n) is 3.06. The summed E-state index contributed by atoms with van der Waals surface area (Å²) in [5.41, 5.74) is 11.3. The Hall–Kier alpha value is -2.64. The minimum Gasteiger partial charge on any atom is -0.443 e. The minimum atomic E-state index is -0.634. The number of ether oxygens (including phenoxy) is 1. The van der Waals surface area contributed by atoms with Crippen LogP contribution in [0.4, 0.5) is 4.79 Å². The first-order chi connectivity index (χ1) is 13.7. The summed E-state index contributed by atoms with van der Waals surface area (Å²) < 4.78 is 5.20. The highest BCUT2D eigenvalue weighted by molar-refractivity contribution is 5.87. The van der Waals surface area contributed by atoms with Gasteiger partial charge in [0.05, 0.1) is 6.04 Å². The second-order valence-electron chi connectivity index (χ2n) is 8.05. The summed E-state index contributed by atoms with van der Waals surface area (Å²) in [5.74, 6) is -0.213. The molecule has 0 aromatic heterocycles. The fourth-order valence-corrected chi connectivity index (χ4v) is 3.06. The van der Waals surface area contributed by atoms with Crippen molar-refractivity contribution in [2.24, 2.45) is 5.73 Å². The molecule has 2 aromatic carbocycles. The Bertz CT molecular complexity index is 827. The zero-order valence-corrected chi connectivity index (χ0v) is 17.6. The SMILES string of the molecule is C[C@H](NC(=O)C(CCCN)NNC(=O)OC(C)(C)C)c1cccc2ccccc12. The van der Waals surface area contributed by atoms with Crippen LogP contribution in [0.2, 0.25) is 0 Å². The molecule has 29 heavy (non-hydrogen) atoms.